The Kier molecular flexibility index (Phi) is 16.1. The molecule has 0 N–H and O–H groups in total. The fourth-order valence-corrected chi connectivity index (χ4v) is 5.47. The van der Waals surface area contributed by atoms with Gasteiger partial charge in [0, 0.05) is 32.3 Å². The molecule has 0 fully saturated rings. The number of unbranched alkanes of at least 4 members (excludes halogenated alkanes) is 9. The molecule has 136 valence electrons. The van der Waals surface area contributed by atoms with Crippen LogP contribution in [0.15, 0.2) is 0 Å². The van der Waals surface area contributed by atoms with E-state index >= 15 is 0 Å². The summed E-state index contributed by atoms with van der Waals surface area (Å²) in [6, 6.07) is 3.15. The van der Waals surface area contributed by atoms with Crippen molar-refractivity contribution < 1.29 is 13.3 Å². The van der Waals surface area contributed by atoms with Gasteiger partial charge < -0.3 is 13.3 Å². The Labute approximate surface area is 144 Å². The highest BCUT2D eigenvalue weighted by molar-refractivity contribution is 6.60. The molecule has 0 spiro atoms. The topological polar surface area (TPSA) is 51.5 Å². The van der Waals surface area contributed by atoms with Crippen molar-refractivity contribution in [1.82, 2.24) is 0 Å². The number of nitriles is 1. The van der Waals surface area contributed by atoms with Gasteiger partial charge in [-0.1, -0.05) is 44.9 Å². The zero-order chi connectivity index (χ0) is 17.2. The number of nitrogens with zero attached hydrogens (tertiary/aromatic N) is 1. The van der Waals surface area contributed by atoms with E-state index in [0.717, 1.165) is 18.9 Å². The number of hydrogen-bond donors (Lipinski definition) is 0. The van der Waals surface area contributed by atoms with Crippen LogP contribution in [-0.2, 0) is 13.3 Å². The van der Waals surface area contributed by atoms with Crippen LogP contribution in [-0.4, -0.2) is 28.6 Å². The summed E-state index contributed by atoms with van der Waals surface area (Å²) >= 11 is 0. The predicted molar refractivity (Wildman–Crippen MR) is 97.2 cm³/mol. The van der Waals surface area contributed by atoms with Gasteiger partial charge >= 0.3 is 8.80 Å². The van der Waals surface area contributed by atoms with Crippen LogP contribution in [0.4, 0.5) is 0 Å². The van der Waals surface area contributed by atoms with Crippen LogP contribution in [0.2, 0.25) is 6.04 Å². The molecule has 0 radical (unpaired) electrons. The zero-order valence-corrected chi connectivity index (χ0v) is 16.6. The minimum Gasteiger partial charge on any atom is -0.374 e. The molecule has 0 aliphatic carbocycles. The van der Waals surface area contributed by atoms with E-state index in [4.69, 9.17) is 18.5 Å². The van der Waals surface area contributed by atoms with Crippen LogP contribution in [0.1, 0.15) is 85.0 Å². The molecule has 0 aliphatic rings. The maximum Gasteiger partial charge on any atom is 0.500 e. The van der Waals surface area contributed by atoms with Crippen LogP contribution in [0.25, 0.3) is 0 Å². The van der Waals surface area contributed by atoms with E-state index in [9.17, 15) is 0 Å². The molecule has 0 aliphatic heterocycles. The summed E-state index contributed by atoms with van der Waals surface area (Å²) in [5, 5.41) is 8.47. The molecule has 0 rings (SSSR count). The van der Waals surface area contributed by atoms with E-state index in [0.29, 0.717) is 26.2 Å². The lowest BCUT2D eigenvalue weighted by molar-refractivity contribution is 0.0706. The first-order valence-electron chi connectivity index (χ1n) is 9.53. The molecule has 0 heterocycles. The minimum absolute atomic E-state index is 0.665. The summed E-state index contributed by atoms with van der Waals surface area (Å²) < 4.78 is 17.6. The molecule has 0 atom stereocenters. The first-order valence-corrected chi connectivity index (χ1v) is 11.5. The fraction of sp³-hybridized carbons (Fsp3) is 0.944. The summed E-state index contributed by atoms with van der Waals surface area (Å²) in [4.78, 5) is 0. The molecule has 0 saturated carbocycles. The normalized spacial score (nSPS) is 11.6. The van der Waals surface area contributed by atoms with Crippen molar-refractivity contribution in [2.45, 2.75) is 91.0 Å². The fourth-order valence-electron chi connectivity index (χ4n) is 2.78. The molecule has 0 unspecified atom stereocenters. The number of hydrogen-bond acceptors (Lipinski definition) is 4. The third-order valence-electron chi connectivity index (χ3n) is 3.86. The maximum absolute atomic E-state index is 8.47. The highest BCUT2D eigenvalue weighted by Crippen LogP contribution is 2.20. The first kappa shape index (κ1) is 22.6. The van der Waals surface area contributed by atoms with Crippen molar-refractivity contribution in [2.24, 2.45) is 0 Å². The molecule has 4 nitrogen and oxygen atoms in total. The van der Waals surface area contributed by atoms with Crippen LogP contribution in [0.3, 0.4) is 0 Å². The van der Waals surface area contributed by atoms with Gasteiger partial charge in [0.2, 0.25) is 0 Å². The molecule has 5 heteroatoms. The molecule has 0 aromatic heterocycles. The van der Waals surface area contributed by atoms with E-state index in [-0.39, 0.29) is 0 Å². The third kappa shape index (κ3) is 12.6. The second-order valence-electron chi connectivity index (χ2n) is 5.82. The second kappa shape index (κ2) is 16.4. The lowest BCUT2D eigenvalue weighted by Gasteiger charge is -2.28. The molecule has 0 bridgehead atoms. The Morgan fingerprint density at radius 2 is 1.04 bits per heavy atom. The smallest absolute Gasteiger partial charge is 0.374 e. The molecule has 0 saturated heterocycles. The van der Waals surface area contributed by atoms with Gasteiger partial charge in [0.15, 0.2) is 0 Å². The van der Waals surface area contributed by atoms with Crippen LogP contribution >= 0.6 is 0 Å². The Morgan fingerprint density at radius 1 is 0.652 bits per heavy atom. The van der Waals surface area contributed by atoms with Crippen molar-refractivity contribution in [3.05, 3.63) is 0 Å². The quantitative estimate of drug-likeness (QED) is 0.260. The van der Waals surface area contributed by atoms with E-state index in [1.54, 1.807) is 0 Å². The Hall–Kier alpha value is -0.413. The zero-order valence-electron chi connectivity index (χ0n) is 15.6. The van der Waals surface area contributed by atoms with Gasteiger partial charge in [-0.25, -0.2) is 0 Å². The van der Waals surface area contributed by atoms with Crippen molar-refractivity contribution in [3.8, 4) is 6.07 Å². The second-order valence-corrected chi connectivity index (χ2v) is 8.55. The molecule has 23 heavy (non-hydrogen) atoms. The molecule has 0 aromatic rings. The standard InChI is InChI=1S/C18H37NO3Si/c1-4-20-23(21-5-2,22-6-3)18-16-14-12-10-8-7-9-11-13-15-17-19/h4-16,18H2,1-3H3. The van der Waals surface area contributed by atoms with Crippen LogP contribution in [0, 0.1) is 11.3 Å². The molecule has 0 amide bonds. The minimum atomic E-state index is -2.42. The van der Waals surface area contributed by atoms with E-state index in [2.05, 4.69) is 6.07 Å². The van der Waals surface area contributed by atoms with Crippen molar-refractivity contribution >= 4 is 8.80 Å². The van der Waals surface area contributed by atoms with E-state index in [1.807, 2.05) is 20.8 Å². The van der Waals surface area contributed by atoms with Crippen molar-refractivity contribution in [1.29, 1.82) is 5.26 Å². The van der Waals surface area contributed by atoms with Gasteiger partial charge in [-0.2, -0.15) is 5.26 Å². The Bertz CT molecular complexity index is 277. The van der Waals surface area contributed by atoms with Crippen molar-refractivity contribution in [2.75, 3.05) is 19.8 Å². The largest absolute Gasteiger partial charge is 0.500 e. The lowest BCUT2D eigenvalue weighted by Crippen LogP contribution is -2.45. The summed E-state index contributed by atoms with van der Waals surface area (Å²) in [6.45, 7) is 8.03. The lowest BCUT2D eigenvalue weighted by atomic mass is 10.1. The van der Waals surface area contributed by atoms with Gasteiger partial charge in [0.05, 0.1) is 6.07 Å². The average Bonchev–Trinajstić information content (AvgIpc) is 2.53. The summed E-state index contributed by atoms with van der Waals surface area (Å²) in [7, 11) is -2.42. The Morgan fingerprint density at radius 3 is 1.43 bits per heavy atom. The van der Waals surface area contributed by atoms with Gasteiger partial charge in [0.1, 0.15) is 0 Å². The van der Waals surface area contributed by atoms with Crippen LogP contribution in [0.5, 0.6) is 0 Å². The Balaban J connectivity index is 3.67. The molecular weight excluding hydrogens is 306 g/mol. The van der Waals surface area contributed by atoms with Gasteiger partial charge in [-0.15, -0.1) is 0 Å². The highest BCUT2D eigenvalue weighted by Gasteiger charge is 2.39. The number of rotatable bonds is 17. The average molecular weight is 344 g/mol. The summed E-state index contributed by atoms with van der Waals surface area (Å²) in [5.41, 5.74) is 0. The molecular formula is C18H37NO3Si. The third-order valence-corrected chi connectivity index (χ3v) is 7.02. The van der Waals surface area contributed by atoms with Gasteiger partial charge in [-0.05, 0) is 33.6 Å². The summed E-state index contributed by atoms with van der Waals surface area (Å²) in [6.07, 6.45) is 11.8. The highest BCUT2D eigenvalue weighted by atomic mass is 28.4. The van der Waals surface area contributed by atoms with Crippen LogP contribution < -0.4 is 0 Å². The first-order chi connectivity index (χ1) is 11.2. The molecule has 0 aromatic carbocycles. The van der Waals surface area contributed by atoms with Crippen molar-refractivity contribution in [3.63, 3.8) is 0 Å². The summed E-state index contributed by atoms with van der Waals surface area (Å²) in [5.74, 6) is 0. The van der Waals surface area contributed by atoms with Gasteiger partial charge in [0.25, 0.3) is 0 Å². The van der Waals surface area contributed by atoms with E-state index in [1.165, 1.54) is 44.9 Å². The monoisotopic (exact) mass is 343 g/mol. The SMILES string of the molecule is CCO[Si](CCCCCCCCCCCC#N)(OCC)OCC. The van der Waals surface area contributed by atoms with E-state index < -0.39 is 8.80 Å². The maximum atomic E-state index is 8.47. The predicted octanol–water partition coefficient (Wildman–Crippen LogP) is 5.46. The van der Waals surface area contributed by atoms with Gasteiger partial charge in [-0.3, -0.25) is 0 Å².